The zero-order chi connectivity index (χ0) is 18.6. The zero-order valence-electron chi connectivity index (χ0n) is 13.9. The largest absolute Gasteiger partial charge is 0.495 e. The lowest BCUT2D eigenvalue weighted by atomic mass is 10.1. The van der Waals surface area contributed by atoms with Crippen molar-refractivity contribution in [2.45, 2.75) is 11.4 Å². The fraction of sp³-hybridized carbons (Fsp3) is 0.111. The molecule has 134 valence electrons. The molecule has 0 spiro atoms. The van der Waals surface area contributed by atoms with Crippen LogP contribution in [0.5, 0.6) is 5.75 Å². The third-order valence-electron chi connectivity index (χ3n) is 3.68. The Morgan fingerprint density at radius 1 is 1.08 bits per heavy atom. The van der Waals surface area contributed by atoms with E-state index in [9.17, 15) is 8.42 Å². The minimum Gasteiger partial charge on any atom is -0.495 e. The van der Waals surface area contributed by atoms with Gasteiger partial charge in [-0.2, -0.15) is 0 Å². The third-order valence-corrected chi connectivity index (χ3v) is 5.34. The second-order valence-electron chi connectivity index (χ2n) is 5.40. The summed E-state index contributed by atoms with van der Waals surface area (Å²) in [6.45, 7) is 0.110. The number of nitrogens with one attached hydrogen (secondary N) is 1. The summed E-state index contributed by atoms with van der Waals surface area (Å²) in [5.41, 5.74) is 2.42. The Labute approximate surface area is 156 Å². The van der Waals surface area contributed by atoms with Crippen molar-refractivity contribution in [2.75, 3.05) is 7.11 Å². The van der Waals surface area contributed by atoms with Crippen molar-refractivity contribution >= 4 is 21.6 Å². The average Bonchev–Trinajstić information content (AvgIpc) is 2.67. The van der Waals surface area contributed by atoms with Crippen LogP contribution in [0.15, 0.2) is 66.0 Å². The SMILES string of the molecule is COc1ccc(Cl)cc1S(=O)(=O)NCc1ccnc(-c2ccncc2)c1. The van der Waals surface area contributed by atoms with E-state index in [4.69, 9.17) is 16.3 Å². The van der Waals surface area contributed by atoms with Gasteiger partial charge in [0.2, 0.25) is 10.0 Å². The third kappa shape index (κ3) is 4.19. The Bertz CT molecular complexity index is 1010. The first-order valence-corrected chi connectivity index (χ1v) is 9.54. The highest BCUT2D eigenvalue weighted by Gasteiger charge is 2.19. The van der Waals surface area contributed by atoms with Crippen molar-refractivity contribution in [1.29, 1.82) is 0 Å². The van der Waals surface area contributed by atoms with E-state index in [1.807, 2.05) is 18.2 Å². The minimum atomic E-state index is -3.79. The number of ether oxygens (including phenoxy) is 1. The number of hydrogen-bond donors (Lipinski definition) is 1. The topological polar surface area (TPSA) is 81.2 Å². The molecule has 0 saturated heterocycles. The van der Waals surface area contributed by atoms with E-state index < -0.39 is 10.0 Å². The van der Waals surface area contributed by atoms with E-state index in [-0.39, 0.29) is 17.2 Å². The van der Waals surface area contributed by atoms with Crippen LogP contribution in [-0.4, -0.2) is 25.5 Å². The van der Waals surface area contributed by atoms with Crippen LogP contribution in [0.2, 0.25) is 5.02 Å². The molecule has 0 atom stereocenters. The van der Waals surface area contributed by atoms with Crippen molar-refractivity contribution < 1.29 is 13.2 Å². The van der Waals surface area contributed by atoms with Crippen molar-refractivity contribution in [3.05, 3.63) is 71.6 Å². The van der Waals surface area contributed by atoms with E-state index in [1.165, 1.54) is 19.2 Å². The van der Waals surface area contributed by atoms with Crippen LogP contribution < -0.4 is 9.46 Å². The zero-order valence-corrected chi connectivity index (χ0v) is 15.5. The summed E-state index contributed by atoms with van der Waals surface area (Å²) in [6.07, 6.45) is 5.00. The van der Waals surface area contributed by atoms with Crippen molar-refractivity contribution in [3.8, 4) is 17.0 Å². The molecule has 0 aliphatic rings. The van der Waals surface area contributed by atoms with Crippen molar-refractivity contribution in [1.82, 2.24) is 14.7 Å². The van der Waals surface area contributed by atoms with Crippen LogP contribution >= 0.6 is 11.6 Å². The molecule has 26 heavy (non-hydrogen) atoms. The Balaban J connectivity index is 1.82. The van der Waals surface area contributed by atoms with E-state index in [0.29, 0.717) is 5.02 Å². The molecule has 6 nitrogen and oxygen atoms in total. The summed E-state index contributed by atoms with van der Waals surface area (Å²) >= 11 is 5.92. The standard InChI is InChI=1S/C18H16ClN3O3S/c1-25-17-3-2-15(19)11-18(17)26(23,24)22-12-13-4-9-21-16(10-13)14-5-7-20-8-6-14/h2-11,22H,12H2,1H3. The second-order valence-corrected chi connectivity index (χ2v) is 7.58. The minimum absolute atomic E-state index is 0.00378. The van der Waals surface area contributed by atoms with Crippen LogP contribution in [0, 0.1) is 0 Å². The predicted octanol–water partition coefficient (Wildman–Crippen LogP) is 3.28. The van der Waals surface area contributed by atoms with Crippen LogP contribution in [-0.2, 0) is 16.6 Å². The van der Waals surface area contributed by atoms with Gasteiger partial charge in [0.1, 0.15) is 10.6 Å². The molecule has 0 bridgehead atoms. The summed E-state index contributed by atoms with van der Waals surface area (Å²) < 4.78 is 32.9. The normalized spacial score (nSPS) is 11.3. The first-order valence-electron chi connectivity index (χ1n) is 7.68. The maximum atomic E-state index is 12.6. The van der Waals surface area contributed by atoms with Crippen LogP contribution in [0.3, 0.4) is 0 Å². The monoisotopic (exact) mass is 389 g/mol. The summed E-state index contributed by atoms with van der Waals surface area (Å²) in [7, 11) is -2.38. The van der Waals surface area contributed by atoms with Crippen LogP contribution in [0.25, 0.3) is 11.3 Å². The van der Waals surface area contributed by atoms with Gasteiger partial charge in [0.25, 0.3) is 0 Å². The first-order chi connectivity index (χ1) is 12.5. The number of sulfonamides is 1. The Morgan fingerprint density at radius 2 is 1.85 bits per heavy atom. The molecular weight excluding hydrogens is 374 g/mol. The number of halogens is 1. The van der Waals surface area contributed by atoms with Gasteiger partial charge in [0.05, 0.1) is 12.8 Å². The molecule has 0 fully saturated rings. The Kier molecular flexibility index (Phi) is 5.51. The van der Waals surface area contributed by atoms with Crippen molar-refractivity contribution in [3.63, 3.8) is 0 Å². The molecule has 1 aromatic carbocycles. The molecule has 0 unspecified atom stereocenters. The second kappa shape index (κ2) is 7.82. The summed E-state index contributed by atoms with van der Waals surface area (Å²) in [4.78, 5) is 8.28. The lowest BCUT2D eigenvalue weighted by molar-refractivity contribution is 0.402. The highest BCUT2D eigenvalue weighted by Crippen LogP contribution is 2.27. The quantitative estimate of drug-likeness (QED) is 0.699. The van der Waals surface area contributed by atoms with E-state index in [0.717, 1.165) is 16.8 Å². The van der Waals surface area contributed by atoms with Gasteiger partial charge in [-0.1, -0.05) is 11.6 Å². The van der Waals surface area contributed by atoms with Gasteiger partial charge in [-0.15, -0.1) is 0 Å². The highest BCUT2D eigenvalue weighted by molar-refractivity contribution is 7.89. The van der Waals surface area contributed by atoms with Crippen LogP contribution in [0.1, 0.15) is 5.56 Å². The molecule has 0 aliphatic carbocycles. The molecule has 0 saturated carbocycles. The number of aromatic nitrogens is 2. The maximum absolute atomic E-state index is 12.6. The lowest BCUT2D eigenvalue weighted by Crippen LogP contribution is -2.23. The van der Waals surface area contributed by atoms with Crippen molar-refractivity contribution in [2.24, 2.45) is 0 Å². The molecule has 8 heteroatoms. The highest BCUT2D eigenvalue weighted by atomic mass is 35.5. The molecule has 2 aromatic heterocycles. The summed E-state index contributed by atoms with van der Waals surface area (Å²) in [5, 5.41) is 0.315. The van der Waals surface area contributed by atoms with Gasteiger partial charge in [-0.3, -0.25) is 9.97 Å². The molecule has 2 heterocycles. The van der Waals surface area contributed by atoms with Gasteiger partial charge < -0.3 is 4.74 Å². The van der Waals surface area contributed by atoms with Gasteiger partial charge in [0, 0.05) is 35.7 Å². The number of methoxy groups -OCH3 is 1. The number of hydrogen-bond acceptors (Lipinski definition) is 5. The Hall–Kier alpha value is -2.48. The predicted molar refractivity (Wildman–Crippen MR) is 99.5 cm³/mol. The molecule has 0 amide bonds. The van der Waals surface area contributed by atoms with E-state index >= 15 is 0 Å². The molecular formula is C18H16ClN3O3S. The van der Waals surface area contributed by atoms with Gasteiger partial charge >= 0.3 is 0 Å². The molecule has 1 N–H and O–H groups in total. The fourth-order valence-corrected chi connectivity index (χ4v) is 3.83. The average molecular weight is 390 g/mol. The number of benzene rings is 1. The van der Waals surface area contributed by atoms with Gasteiger partial charge in [0.15, 0.2) is 0 Å². The van der Waals surface area contributed by atoms with E-state index in [1.54, 1.807) is 30.7 Å². The summed E-state index contributed by atoms with van der Waals surface area (Å²) in [5.74, 6) is 0.231. The number of rotatable bonds is 6. The smallest absolute Gasteiger partial charge is 0.244 e. The van der Waals surface area contributed by atoms with Gasteiger partial charge in [-0.25, -0.2) is 13.1 Å². The number of pyridine rings is 2. The lowest BCUT2D eigenvalue weighted by Gasteiger charge is -2.11. The fourth-order valence-electron chi connectivity index (χ4n) is 2.38. The summed E-state index contributed by atoms with van der Waals surface area (Å²) in [6, 6.07) is 11.7. The van der Waals surface area contributed by atoms with E-state index in [2.05, 4.69) is 14.7 Å². The maximum Gasteiger partial charge on any atom is 0.244 e. The molecule has 3 aromatic rings. The van der Waals surface area contributed by atoms with Gasteiger partial charge in [-0.05, 0) is 48.0 Å². The Morgan fingerprint density at radius 3 is 2.58 bits per heavy atom. The van der Waals surface area contributed by atoms with Crippen LogP contribution in [0.4, 0.5) is 0 Å². The molecule has 0 aliphatic heterocycles. The first kappa shape index (κ1) is 18.3. The number of nitrogens with zero attached hydrogens (tertiary/aromatic N) is 2. The molecule has 0 radical (unpaired) electrons. The molecule has 3 rings (SSSR count).